The van der Waals surface area contributed by atoms with Crippen molar-refractivity contribution in [2.75, 3.05) is 24.5 Å². The summed E-state index contributed by atoms with van der Waals surface area (Å²) in [4.78, 5) is 2.29. The van der Waals surface area contributed by atoms with E-state index >= 15 is 0 Å². The summed E-state index contributed by atoms with van der Waals surface area (Å²) >= 11 is 0. The second-order valence-electron chi connectivity index (χ2n) is 4.67. The molecule has 0 bridgehead atoms. The number of fused-ring (bicyclic) bond motifs is 1. The van der Waals surface area contributed by atoms with Crippen LogP contribution in [0.25, 0.3) is 0 Å². The van der Waals surface area contributed by atoms with E-state index in [2.05, 4.69) is 18.7 Å². The molecule has 1 aromatic rings. The lowest BCUT2D eigenvalue weighted by Gasteiger charge is -2.35. The van der Waals surface area contributed by atoms with E-state index in [9.17, 15) is 5.11 Å². The third kappa shape index (κ3) is 2.44. The normalized spacial score (nSPS) is 20.2. The van der Waals surface area contributed by atoms with Crippen molar-refractivity contribution in [3.05, 3.63) is 23.8 Å². The second-order valence-corrected chi connectivity index (χ2v) is 4.67. The van der Waals surface area contributed by atoms with Gasteiger partial charge in [0.1, 0.15) is 11.9 Å². The number of aliphatic hydroxyl groups is 1. The molecule has 2 unspecified atom stereocenters. The minimum absolute atomic E-state index is 0.239. The molecule has 2 rings (SSSR count). The van der Waals surface area contributed by atoms with Gasteiger partial charge in [0.2, 0.25) is 0 Å². The van der Waals surface area contributed by atoms with Crippen LogP contribution in [-0.4, -0.2) is 30.8 Å². The molecule has 18 heavy (non-hydrogen) atoms. The molecule has 0 radical (unpaired) electrons. The van der Waals surface area contributed by atoms with Crippen LogP contribution in [0.2, 0.25) is 0 Å². The Morgan fingerprint density at radius 1 is 1.50 bits per heavy atom. The molecule has 0 saturated heterocycles. The molecule has 4 nitrogen and oxygen atoms in total. The Labute approximate surface area is 108 Å². The second kappa shape index (κ2) is 5.59. The molecule has 1 aliphatic rings. The predicted molar refractivity (Wildman–Crippen MR) is 73.1 cm³/mol. The Morgan fingerprint density at radius 3 is 2.89 bits per heavy atom. The van der Waals surface area contributed by atoms with Crippen LogP contribution in [0.5, 0.6) is 5.75 Å². The van der Waals surface area contributed by atoms with Gasteiger partial charge in [-0.3, -0.25) is 0 Å². The number of hydrogen-bond acceptors (Lipinski definition) is 4. The zero-order chi connectivity index (χ0) is 13.1. The fourth-order valence-corrected chi connectivity index (χ4v) is 2.30. The van der Waals surface area contributed by atoms with Gasteiger partial charge in [-0.25, -0.2) is 0 Å². The van der Waals surface area contributed by atoms with Crippen molar-refractivity contribution in [2.45, 2.75) is 32.5 Å². The maximum Gasteiger partial charge on any atom is 0.143 e. The summed E-state index contributed by atoms with van der Waals surface area (Å²) in [7, 11) is 0. The van der Waals surface area contributed by atoms with E-state index in [1.54, 1.807) is 0 Å². The quantitative estimate of drug-likeness (QED) is 0.853. The first-order chi connectivity index (χ1) is 8.69. The van der Waals surface area contributed by atoms with Gasteiger partial charge in [0.25, 0.3) is 0 Å². The van der Waals surface area contributed by atoms with Crippen molar-refractivity contribution in [1.82, 2.24) is 0 Å². The molecular weight excluding hydrogens is 228 g/mol. The molecule has 3 N–H and O–H groups in total. The van der Waals surface area contributed by atoms with Gasteiger partial charge in [-0.2, -0.15) is 0 Å². The summed E-state index contributed by atoms with van der Waals surface area (Å²) in [6.45, 7) is 6.35. The molecule has 4 heteroatoms. The lowest BCUT2D eigenvalue weighted by molar-refractivity contribution is 0.182. The molecule has 0 aromatic heterocycles. The third-order valence-electron chi connectivity index (χ3n) is 3.49. The van der Waals surface area contributed by atoms with E-state index in [4.69, 9.17) is 10.5 Å². The molecule has 0 saturated carbocycles. The SMILES string of the molecule is CCC1CN(CC)c2cc(C(O)CN)ccc2O1. The molecule has 0 fully saturated rings. The standard InChI is InChI=1S/C14H22N2O2/c1-3-11-9-16(4-2)12-7-10(13(17)8-15)5-6-14(12)18-11/h5-7,11,13,17H,3-4,8-9,15H2,1-2H3. The van der Waals surface area contributed by atoms with E-state index in [1.165, 1.54) is 0 Å². The molecule has 0 spiro atoms. The Kier molecular flexibility index (Phi) is 4.09. The van der Waals surface area contributed by atoms with Crippen LogP contribution in [0, 0.1) is 0 Å². The van der Waals surface area contributed by atoms with Gasteiger partial charge in [-0.1, -0.05) is 13.0 Å². The van der Waals surface area contributed by atoms with Crippen LogP contribution < -0.4 is 15.4 Å². The highest BCUT2D eigenvalue weighted by atomic mass is 16.5. The summed E-state index contributed by atoms with van der Waals surface area (Å²) in [5.74, 6) is 0.905. The largest absolute Gasteiger partial charge is 0.486 e. The molecular formula is C14H22N2O2. The van der Waals surface area contributed by atoms with Gasteiger partial charge in [0, 0.05) is 13.1 Å². The molecule has 1 heterocycles. The maximum atomic E-state index is 9.80. The van der Waals surface area contributed by atoms with Crippen molar-refractivity contribution >= 4 is 5.69 Å². The van der Waals surface area contributed by atoms with Crippen LogP contribution in [0.1, 0.15) is 31.9 Å². The summed E-state index contributed by atoms with van der Waals surface area (Å²) in [6.07, 6.45) is 0.656. The fourth-order valence-electron chi connectivity index (χ4n) is 2.30. The molecule has 1 aromatic carbocycles. The number of nitrogens with zero attached hydrogens (tertiary/aromatic N) is 1. The van der Waals surface area contributed by atoms with E-state index in [1.807, 2.05) is 18.2 Å². The molecule has 100 valence electrons. The van der Waals surface area contributed by atoms with Gasteiger partial charge in [0.05, 0.1) is 18.3 Å². The number of aliphatic hydroxyl groups excluding tert-OH is 1. The summed E-state index contributed by atoms with van der Waals surface area (Å²) in [5, 5.41) is 9.80. The minimum atomic E-state index is -0.599. The topological polar surface area (TPSA) is 58.7 Å². The zero-order valence-corrected chi connectivity index (χ0v) is 11.1. The average molecular weight is 250 g/mol. The molecule has 0 aliphatic carbocycles. The summed E-state index contributed by atoms with van der Waals surface area (Å²) in [6, 6.07) is 5.82. The molecule has 0 amide bonds. The Hall–Kier alpha value is -1.26. The van der Waals surface area contributed by atoms with Crippen LogP contribution in [0.3, 0.4) is 0 Å². The first kappa shape index (κ1) is 13.2. The van der Waals surface area contributed by atoms with Crippen molar-refractivity contribution in [3.8, 4) is 5.75 Å². The highest BCUT2D eigenvalue weighted by molar-refractivity contribution is 5.62. The number of likely N-dealkylation sites (N-methyl/N-ethyl adjacent to an activating group) is 1. The van der Waals surface area contributed by atoms with Gasteiger partial charge in [-0.15, -0.1) is 0 Å². The number of benzene rings is 1. The lowest BCUT2D eigenvalue weighted by Crippen LogP contribution is -2.39. The Morgan fingerprint density at radius 2 is 2.28 bits per heavy atom. The lowest BCUT2D eigenvalue weighted by atomic mass is 10.1. The number of nitrogens with two attached hydrogens (primary N) is 1. The Bertz CT molecular complexity index is 409. The van der Waals surface area contributed by atoms with E-state index < -0.39 is 6.10 Å². The Balaban J connectivity index is 2.33. The number of ether oxygens (including phenoxy) is 1. The van der Waals surface area contributed by atoms with Crippen molar-refractivity contribution in [1.29, 1.82) is 0 Å². The van der Waals surface area contributed by atoms with Gasteiger partial charge < -0.3 is 20.5 Å². The van der Waals surface area contributed by atoms with E-state index in [0.29, 0.717) is 0 Å². The maximum absolute atomic E-state index is 9.80. The number of hydrogen-bond donors (Lipinski definition) is 2. The zero-order valence-electron chi connectivity index (χ0n) is 11.1. The smallest absolute Gasteiger partial charge is 0.143 e. The first-order valence-electron chi connectivity index (χ1n) is 6.63. The van der Waals surface area contributed by atoms with Gasteiger partial charge >= 0.3 is 0 Å². The molecule has 1 aliphatic heterocycles. The van der Waals surface area contributed by atoms with Crippen molar-refractivity contribution in [3.63, 3.8) is 0 Å². The monoisotopic (exact) mass is 250 g/mol. The average Bonchev–Trinajstić information content (AvgIpc) is 2.44. The number of rotatable bonds is 4. The van der Waals surface area contributed by atoms with Crippen molar-refractivity contribution < 1.29 is 9.84 Å². The first-order valence-corrected chi connectivity index (χ1v) is 6.63. The minimum Gasteiger partial charge on any atom is -0.486 e. The van der Waals surface area contributed by atoms with Crippen LogP contribution in [-0.2, 0) is 0 Å². The van der Waals surface area contributed by atoms with Crippen molar-refractivity contribution in [2.24, 2.45) is 5.73 Å². The van der Waals surface area contributed by atoms with Crippen LogP contribution >= 0.6 is 0 Å². The highest BCUT2D eigenvalue weighted by Crippen LogP contribution is 2.35. The van der Waals surface area contributed by atoms with E-state index in [-0.39, 0.29) is 12.6 Å². The van der Waals surface area contributed by atoms with Crippen LogP contribution in [0.15, 0.2) is 18.2 Å². The van der Waals surface area contributed by atoms with Gasteiger partial charge in [-0.05, 0) is 31.0 Å². The van der Waals surface area contributed by atoms with Gasteiger partial charge in [0.15, 0.2) is 0 Å². The highest BCUT2D eigenvalue weighted by Gasteiger charge is 2.24. The summed E-state index contributed by atoms with van der Waals surface area (Å²) in [5.41, 5.74) is 7.41. The summed E-state index contributed by atoms with van der Waals surface area (Å²) < 4.78 is 5.93. The molecule has 2 atom stereocenters. The third-order valence-corrected chi connectivity index (χ3v) is 3.49. The van der Waals surface area contributed by atoms with E-state index in [0.717, 1.165) is 36.5 Å². The number of anilines is 1. The predicted octanol–water partition coefficient (Wildman–Crippen LogP) is 1.68. The van der Waals surface area contributed by atoms with Crippen LogP contribution in [0.4, 0.5) is 5.69 Å². The fraction of sp³-hybridized carbons (Fsp3) is 0.571.